The standard InChI is InChI=1S/C29H27BrN2O5S/c1-4-35-24-15-21(23(30)17-25(24)37-18-19-9-7-6-8-10-19)16-26-27(33)32(3)29(38-26)31-22-13-11-20(12-14-22)28(34)36-5-2/h6-17H,4-5,18H2,1-3H3/b26-16-,31-29?. The molecular weight excluding hydrogens is 568 g/mol. The van der Waals surface area contributed by atoms with Crippen molar-refractivity contribution < 1.29 is 23.8 Å². The number of benzene rings is 3. The number of esters is 1. The van der Waals surface area contributed by atoms with Gasteiger partial charge in [-0.25, -0.2) is 9.79 Å². The van der Waals surface area contributed by atoms with Crippen LogP contribution in [0.4, 0.5) is 5.69 Å². The first-order valence-corrected chi connectivity index (χ1v) is 13.7. The molecule has 1 heterocycles. The lowest BCUT2D eigenvalue weighted by Crippen LogP contribution is -2.23. The largest absolute Gasteiger partial charge is 0.490 e. The van der Waals surface area contributed by atoms with Gasteiger partial charge in [-0.1, -0.05) is 46.3 Å². The van der Waals surface area contributed by atoms with Crippen LogP contribution in [0.1, 0.15) is 35.3 Å². The van der Waals surface area contributed by atoms with E-state index in [1.165, 1.54) is 16.7 Å². The number of nitrogens with zero attached hydrogens (tertiary/aromatic N) is 2. The molecule has 0 aromatic heterocycles. The molecule has 0 bridgehead atoms. The smallest absolute Gasteiger partial charge is 0.338 e. The number of amides is 1. The zero-order valence-electron chi connectivity index (χ0n) is 21.3. The summed E-state index contributed by atoms with van der Waals surface area (Å²) in [5, 5.41) is 0.536. The Morgan fingerprint density at radius 2 is 1.71 bits per heavy atom. The van der Waals surface area contributed by atoms with Crippen molar-refractivity contribution in [3.05, 3.63) is 92.8 Å². The molecule has 0 spiro atoms. The van der Waals surface area contributed by atoms with Crippen molar-refractivity contribution in [1.82, 2.24) is 4.90 Å². The summed E-state index contributed by atoms with van der Waals surface area (Å²) >= 11 is 4.89. The molecule has 0 radical (unpaired) electrons. The number of carbonyl (C=O) groups is 2. The highest BCUT2D eigenvalue weighted by Gasteiger charge is 2.30. The van der Waals surface area contributed by atoms with Crippen LogP contribution in [0.5, 0.6) is 11.5 Å². The minimum Gasteiger partial charge on any atom is -0.490 e. The van der Waals surface area contributed by atoms with E-state index in [0.29, 0.717) is 52.6 Å². The fraction of sp³-hybridized carbons (Fsp3) is 0.207. The molecule has 1 fully saturated rings. The molecule has 0 unspecified atom stereocenters. The number of aliphatic imine (C=N–C) groups is 1. The predicted octanol–water partition coefficient (Wildman–Crippen LogP) is 6.84. The first-order valence-electron chi connectivity index (χ1n) is 12.1. The number of ether oxygens (including phenoxy) is 3. The number of hydrogen-bond donors (Lipinski definition) is 0. The summed E-state index contributed by atoms with van der Waals surface area (Å²) in [5.41, 5.74) is 2.91. The zero-order chi connectivity index (χ0) is 27.1. The van der Waals surface area contributed by atoms with Gasteiger partial charge in [0.15, 0.2) is 16.7 Å². The van der Waals surface area contributed by atoms with E-state index in [9.17, 15) is 9.59 Å². The fourth-order valence-corrected chi connectivity index (χ4v) is 4.98. The predicted molar refractivity (Wildman–Crippen MR) is 154 cm³/mol. The van der Waals surface area contributed by atoms with Gasteiger partial charge in [-0.05, 0) is 79.2 Å². The Morgan fingerprint density at radius 3 is 2.39 bits per heavy atom. The second kappa shape index (κ2) is 12.8. The maximum atomic E-state index is 13.0. The second-order valence-corrected chi connectivity index (χ2v) is 10.0. The Bertz CT molecular complexity index is 1370. The van der Waals surface area contributed by atoms with E-state index in [2.05, 4.69) is 20.9 Å². The molecule has 3 aromatic rings. The van der Waals surface area contributed by atoms with E-state index in [-0.39, 0.29) is 11.9 Å². The first-order chi connectivity index (χ1) is 18.4. The Morgan fingerprint density at radius 1 is 1.00 bits per heavy atom. The lowest BCUT2D eigenvalue weighted by molar-refractivity contribution is -0.121. The van der Waals surface area contributed by atoms with Crippen LogP contribution in [0.2, 0.25) is 0 Å². The van der Waals surface area contributed by atoms with Gasteiger partial charge in [0.05, 0.1) is 29.4 Å². The molecule has 7 nitrogen and oxygen atoms in total. The van der Waals surface area contributed by atoms with Crippen molar-refractivity contribution in [3.63, 3.8) is 0 Å². The van der Waals surface area contributed by atoms with Gasteiger partial charge in [0.1, 0.15) is 6.61 Å². The molecule has 1 aliphatic rings. The number of amidine groups is 1. The van der Waals surface area contributed by atoms with Crippen LogP contribution in [-0.4, -0.2) is 42.2 Å². The summed E-state index contributed by atoms with van der Waals surface area (Å²) in [4.78, 5) is 31.5. The van der Waals surface area contributed by atoms with E-state index in [1.54, 1.807) is 38.2 Å². The lowest BCUT2D eigenvalue weighted by Gasteiger charge is -2.14. The first kappa shape index (κ1) is 27.5. The van der Waals surface area contributed by atoms with E-state index >= 15 is 0 Å². The van der Waals surface area contributed by atoms with Crippen molar-refractivity contribution >= 4 is 56.5 Å². The molecule has 0 saturated carbocycles. The molecule has 1 amide bonds. The Labute approximate surface area is 234 Å². The van der Waals surface area contributed by atoms with Crippen LogP contribution in [-0.2, 0) is 16.1 Å². The molecular formula is C29H27BrN2O5S. The van der Waals surface area contributed by atoms with Crippen molar-refractivity contribution in [2.45, 2.75) is 20.5 Å². The van der Waals surface area contributed by atoms with E-state index < -0.39 is 0 Å². The van der Waals surface area contributed by atoms with Gasteiger partial charge in [0.2, 0.25) is 0 Å². The van der Waals surface area contributed by atoms with Gasteiger partial charge in [-0.3, -0.25) is 9.69 Å². The van der Waals surface area contributed by atoms with Crippen LogP contribution in [0.25, 0.3) is 6.08 Å². The number of thioether (sulfide) groups is 1. The number of carbonyl (C=O) groups excluding carboxylic acids is 2. The summed E-state index contributed by atoms with van der Waals surface area (Å²) in [6.07, 6.45) is 1.81. The molecule has 0 atom stereocenters. The van der Waals surface area contributed by atoms with E-state index in [1.807, 2.05) is 55.5 Å². The topological polar surface area (TPSA) is 77.4 Å². The zero-order valence-corrected chi connectivity index (χ0v) is 23.7. The van der Waals surface area contributed by atoms with Gasteiger partial charge >= 0.3 is 5.97 Å². The Kier molecular flexibility index (Phi) is 9.25. The fourth-order valence-electron chi connectivity index (χ4n) is 3.57. The summed E-state index contributed by atoms with van der Waals surface area (Å²) in [6.45, 7) is 4.87. The van der Waals surface area contributed by atoms with Crippen LogP contribution in [0, 0.1) is 0 Å². The minimum atomic E-state index is -0.382. The molecule has 38 heavy (non-hydrogen) atoms. The molecule has 4 rings (SSSR count). The monoisotopic (exact) mass is 594 g/mol. The van der Waals surface area contributed by atoms with Crippen LogP contribution >= 0.6 is 27.7 Å². The highest BCUT2D eigenvalue weighted by Crippen LogP contribution is 2.38. The maximum Gasteiger partial charge on any atom is 0.338 e. The third-order valence-corrected chi connectivity index (χ3v) is 7.24. The number of hydrogen-bond acceptors (Lipinski definition) is 7. The average molecular weight is 596 g/mol. The number of halogens is 1. The van der Waals surface area contributed by atoms with Gasteiger partial charge in [0.25, 0.3) is 5.91 Å². The molecule has 1 saturated heterocycles. The third-order valence-electron chi connectivity index (χ3n) is 5.49. The molecule has 0 aliphatic carbocycles. The quantitative estimate of drug-likeness (QED) is 0.199. The van der Waals surface area contributed by atoms with Crippen molar-refractivity contribution in [2.75, 3.05) is 20.3 Å². The molecule has 0 N–H and O–H groups in total. The van der Waals surface area contributed by atoms with Crippen LogP contribution in [0.3, 0.4) is 0 Å². The third kappa shape index (κ3) is 6.65. The molecule has 1 aliphatic heterocycles. The normalized spacial score (nSPS) is 15.3. The average Bonchev–Trinajstić information content (AvgIpc) is 3.18. The lowest BCUT2D eigenvalue weighted by atomic mass is 10.1. The SMILES string of the molecule is CCOC(=O)c1ccc(N=C2S/C(=C\c3cc(OCC)c(OCc4ccccc4)cc3Br)C(=O)N2C)cc1. The highest BCUT2D eigenvalue weighted by atomic mass is 79.9. The Balaban J connectivity index is 1.55. The highest BCUT2D eigenvalue weighted by molar-refractivity contribution is 9.10. The minimum absolute atomic E-state index is 0.161. The van der Waals surface area contributed by atoms with Crippen molar-refractivity contribution in [3.8, 4) is 11.5 Å². The number of likely N-dealkylation sites (N-methyl/N-ethyl adjacent to an activating group) is 1. The molecule has 9 heteroatoms. The summed E-state index contributed by atoms with van der Waals surface area (Å²) < 4.78 is 17.7. The van der Waals surface area contributed by atoms with Crippen LogP contribution < -0.4 is 9.47 Å². The van der Waals surface area contributed by atoms with E-state index in [4.69, 9.17) is 14.2 Å². The van der Waals surface area contributed by atoms with Gasteiger partial charge < -0.3 is 14.2 Å². The van der Waals surface area contributed by atoms with Gasteiger partial charge in [-0.15, -0.1) is 0 Å². The maximum absolute atomic E-state index is 13.0. The van der Waals surface area contributed by atoms with Gasteiger partial charge in [0, 0.05) is 11.5 Å². The Hall–Kier alpha value is -3.56. The molecule has 3 aromatic carbocycles. The number of rotatable bonds is 9. The van der Waals surface area contributed by atoms with Gasteiger partial charge in [-0.2, -0.15) is 0 Å². The summed E-state index contributed by atoms with van der Waals surface area (Å²) in [6, 6.07) is 20.4. The summed E-state index contributed by atoms with van der Waals surface area (Å²) in [5.74, 6) is 0.665. The summed E-state index contributed by atoms with van der Waals surface area (Å²) in [7, 11) is 1.68. The second-order valence-electron chi connectivity index (χ2n) is 8.16. The van der Waals surface area contributed by atoms with Crippen molar-refractivity contribution in [2.24, 2.45) is 4.99 Å². The molecule has 196 valence electrons. The van der Waals surface area contributed by atoms with Crippen molar-refractivity contribution in [1.29, 1.82) is 0 Å². The van der Waals surface area contributed by atoms with E-state index in [0.717, 1.165) is 15.6 Å². The van der Waals surface area contributed by atoms with Crippen LogP contribution in [0.15, 0.2) is 81.1 Å².